The van der Waals surface area contributed by atoms with Gasteiger partial charge in [-0.1, -0.05) is 0 Å². The molecule has 3 rings (SSSR count). The zero-order valence-electron chi connectivity index (χ0n) is 15.7. The van der Waals surface area contributed by atoms with Crippen molar-refractivity contribution in [3.8, 4) is 0 Å². The van der Waals surface area contributed by atoms with Gasteiger partial charge in [-0.25, -0.2) is 13.2 Å². The first kappa shape index (κ1) is 20.5. The van der Waals surface area contributed by atoms with E-state index in [4.69, 9.17) is 4.74 Å². The minimum Gasteiger partial charge on any atom is -0.462 e. The number of carbonyl (C=O) groups excluding carboxylic acids is 2. The van der Waals surface area contributed by atoms with Crippen molar-refractivity contribution in [2.24, 2.45) is 0 Å². The lowest BCUT2D eigenvalue weighted by molar-refractivity contribution is 0.0528. The van der Waals surface area contributed by atoms with E-state index in [1.54, 1.807) is 13.0 Å². The number of hydrogen-bond donors (Lipinski definition) is 1. The van der Waals surface area contributed by atoms with E-state index in [-0.39, 0.29) is 11.5 Å². The van der Waals surface area contributed by atoms with Gasteiger partial charge in [0.15, 0.2) is 0 Å². The van der Waals surface area contributed by atoms with Gasteiger partial charge >= 0.3 is 5.97 Å². The quantitative estimate of drug-likeness (QED) is 0.721. The fourth-order valence-corrected chi connectivity index (χ4v) is 5.41. The smallest absolute Gasteiger partial charge is 0.341 e. The van der Waals surface area contributed by atoms with Crippen molar-refractivity contribution in [3.05, 3.63) is 46.3 Å². The van der Waals surface area contributed by atoms with Crippen LogP contribution in [-0.4, -0.2) is 44.3 Å². The van der Waals surface area contributed by atoms with E-state index in [9.17, 15) is 18.0 Å². The van der Waals surface area contributed by atoms with E-state index >= 15 is 0 Å². The minimum absolute atomic E-state index is 0.171. The molecule has 0 bridgehead atoms. The maximum absolute atomic E-state index is 12.6. The third-order valence-corrected chi connectivity index (χ3v) is 7.28. The Hall–Kier alpha value is -2.23. The summed E-state index contributed by atoms with van der Waals surface area (Å²) in [5, 5.41) is 3.13. The lowest BCUT2D eigenvalue weighted by Gasteiger charge is -2.15. The first-order valence-electron chi connectivity index (χ1n) is 9.02. The molecule has 0 radical (unpaired) electrons. The predicted molar refractivity (Wildman–Crippen MR) is 107 cm³/mol. The predicted octanol–water partition coefficient (Wildman–Crippen LogP) is 3.27. The highest BCUT2D eigenvalue weighted by molar-refractivity contribution is 7.89. The number of amides is 1. The number of nitrogens with zero attached hydrogens (tertiary/aromatic N) is 1. The summed E-state index contributed by atoms with van der Waals surface area (Å²) in [6.07, 6.45) is 1.73. The van der Waals surface area contributed by atoms with Gasteiger partial charge in [0.2, 0.25) is 10.0 Å². The van der Waals surface area contributed by atoms with Gasteiger partial charge < -0.3 is 10.1 Å². The van der Waals surface area contributed by atoms with Gasteiger partial charge in [0.25, 0.3) is 5.91 Å². The van der Waals surface area contributed by atoms with Crippen LogP contribution in [-0.2, 0) is 14.8 Å². The van der Waals surface area contributed by atoms with Gasteiger partial charge in [-0.2, -0.15) is 4.31 Å². The van der Waals surface area contributed by atoms with Crippen LogP contribution in [0.1, 0.15) is 45.4 Å². The molecule has 1 amide bonds. The van der Waals surface area contributed by atoms with Crippen LogP contribution in [0.15, 0.2) is 35.2 Å². The van der Waals surface area contributed by atoms with Gasteiger partial charge in [0.05, 0.1) is 17.1 Å². The number of anilines is 1. The Bertz CT molecular complexity index is 974. The molecular weight excluding hydrogens is 400 g/mol. The molecule has 1 aliphatic rings. The van der Waals surface area contributed by atoms with Gasteiger partial charge in [0, 0.05) is 23.5 Å². The lowest BCUT2D eigenvalue weighted by Crippen LogP contribution is -2.27. The number of hydrogen-bond acceptors (Lipinski definition) is 6. The Balaban J connectivity index is 1.76. The molecule has 1 fully saturated rings. The summed E-state index contributed by atoms with van der Waals surface area (Å²) < 4.78 is 31.6. The van der Waals surface area contributed by atoms with Crippen LogP contribution >= 0.6 is 11.3 Å². The average Bonchev–Trinajstić information content (AvgIpc) is 3.32. The molecule has 1 aliphatic heterocycles. The van der Waals surface area contributed by atoms with E-state index in [0.717, 1.165) is 17.7 Å². The SMILES string of the molecule is CCOC(=O)c1cc(C)sc1NC(=O)c1ccc(S(=O)(=O)N2CCCC2)cc1. The topological polar surface area (TPSA) is 92.8 Å². The van der Waals surface area contributed by atoms with Crippen LogP contribution < -0.4 is 5.32 Å². The van der Waals surface area contributed by atoms with Crippen molar-refractivity contribution < 1.29 is 22.7 Å². The van der Waals surface area contributed by atoms with Crippen LogP contribution in [0.4, 0.5) is 5.00 Å². The van der Waals surface area contributed by atoms with Crippen LogP contribution in [0.5, 0.6) is 0 Å². The number of aryl methyl sites for hydroxylation is 1. The molecule has 0 saturated carbocycles. The van der Waals surface area contributed by atoms with Crippen LogP contribution in [0.25, 0.3) is 0 Å². The molecule has 2 aromatic rings. The second kappa shape index (κ2) is 8.42. The average molecular weight is 423 g/mol. The Morgan fingerprint density at radius 1 is 1.18 bits per heavy atom. The molecule has 0 unspecified atom stereocenters. The van der Waals surface area contributed by atoms with E-state index in [1.807, 2.05) is 6.92 Å². The Labute approximate surface area is 168 Å². The maximum Gasteiger partial charge on any atom is 0.341 e. The second-order valence-electron chi connectivity index (χ2n) is 6.41. The number of rotatable bonds is 6. The highest BCUT2D eigenvalue weighted by Gasteiger charge is 2.27. The first-order chi connectivity index (χ1) is 13.3. The molecule has 1 N–H and O–H groups in total. The maximum atomic E-state index is 12.6. The number of thiophene rings is 1. The van der Waals surface area contributed by atoms with Crippen LogP contribution in [0, 0.1) is 6.92 Å². The Morgan fingerprint density at radius 2 is 1.82 bits per heavy atom. The third kappa shape index (κ3) is 4.26. The van der Waals surface area contributed by atoms with E-state index in [0.29, 0.717) is 29.2 Å². The van der Waals surface area contributed by atoms with Crippen molar-refractivity contribution >= 4 is 38.2 Å². The zero-order chi connectivity index (χ0) is 20.3. The van der Waals surface area contributed by atoms with Crippen LogP contribution in [0.3, 0.4) is 0 Å². The molecule has 1 aromatic carbocycles. The second-order valence-corrected chi connectivity index (χ2v) is 9.60. The molecule has 1 saturated heterocycles. The monoisotopic (exact) mass is 422 g/mol. The summed E-state index contributed by atoms with van der Waals surface area (Å²) in [7, 11) is -3.52. The van der Waals surface area contributed by atoms with Gasteiger partial charge in [-0.05, 0) is 57.0 Å². The van der Waals surface area contributed by atoms with Gasteiger partial charge in [-0.3, -0.25) is 4.79 Å². The Kier molecular flexibility index (Phi) is 6.17. The fraction of sp³-hybridized carbons (Fsp3) is 0.368. The molecule has 28 heavy (non-hydrogen) atoms. The third-order valence-electron chi connectivity index (χ3n) is 4.40. The largest absolute Gasteiger partial charge is 0.462 e. The highest BCUT2D eigenvalue weighted by atomic mass is 32.2. The molecule has 150 valence electrons. The number of esters is 1. The molecule has 0 aliphatic carbocycles. The minimum atomic E-state index is -3.52. The molecule has 0 spiro atoms. The fourth-order valence-electron chi connectivity index (χ4n) is 3.00. The van der Waals surface area contributed by atoms with Crippen molar-refractivity contribution in [1.29, 1.82) is 0 Å². The number of carbonyl (C=O) groups is 2. The molecular formula is C19H22N2O5S2. The number of ether oxygens (including phenoxy) is 1. The summed E-state index contributed by atoms with van der Waals surface area (Å²) in [5.41, 5.74) is 0.618. The summed E-state index contributed by atoms with van der Waals surface area (Å²) in [5.74, 6) is -0.910. The molecule has 2 heterocycles. The number of benzene rings is 1. The number of nitrogens with one attached hydrogen (secondary N) is 1. The molecule has 1 aromatic heterocycles. The summed E-state index contributed by atoms with van der Waals surface area (Å²) in [4.78, 5) is 25.6. The van der Waals surface area contributed by atoms with E-state index in [1.165, 1.54) is 39.9 Å². The summed E-state index contributed by atoms with van der Waals surface area (Å²) in [6, 6.07) is 7.50. The lowest BCUT2D eigenvalue weighted by atomic mass is 10.2. The van der Waals surface area contributed by atoms with Crippen molar-refractivity contribution in [1.82, 2.24) is 4.31 Å². The summed E-state index contributed by atoms with van der Waals surface area (Å²) in [6.45, 7) is 4.85. The van der Waals surface area contributed by atoms with E-state index in [2.05, 4.69) is 5.32 Å². The normalized spacial score (nSPS) is 14.8. The van der Waals surface area contributed by atoms with Crippen LogP contribution in [0.2, 0.25) is 0 Å². The molecule has 0 atom stereocenters. The van der Waals surface area contributed by atoms with Crippen molar-refractivity contribution in [2.75, 3.05) is 25.0 Å². The van der Waals surface area contributed by atoms with E-state index < -0.39 is 21.9 Å². The highest BCUT2D eigenvalue weighted by Crippen LogP contribution is 2.29. The standard InChI is InChI=1S/C19H22N2O5S2/c1-3-26-19(23)16-12-13(2)27-18(16)20-17(22)14-6-8-15(9-7-14)28(24,25)21-10-4-5-11-21/h6-9,12H,3-5,10-11H2,1-2H3,(H,20,22). The van der Waals surface area contributed by atoms with Crippen molar-refractivity contribution in [2.45, 2.75) is 31.6 Å². The van der Waals surface area contributed by atoms with Gasteiger partial charge in [-0.15, -0.1) is 11.3 Å². The molecule has 9 heteroatoms. The molecule has 7 nitrogen and oxygen atoms in total. The first-order valence-corrected chi connectivity index (χ1v) is 11.3. The summed E-state index contributed by atoms with van der Waals surface area (Å²) >= 11 is 1.28. The zero-order valence-corrected chi connectivity index (χ0v) is 17.4. The number of sulfonamides is 1. The van der Waals surface area contributed by atoms with Crippen molar-refractivity contribution in [3.63, 3.8) is 0 Å². The van der Waals surface area contributed by atoms with Gasteiger partial charge in [0.1, 0.15) is 5.00 Å². The Morgan fingerprint density at radius 3 is 2.43 bits per heavy atom.